The number of benzene rings is 1. The van der Waals surface area contributed by atoms with E-state index in [1.807, 2.05) is 6.92 Å². The van der Waals surface area contributed by atoms with Crippen LogP contribution in [0.25, 0.3) is 5.76 Å². The molecule has 0 amide bonds. The van der Waals surface area contributed by atoms with Crippen molar-refractivity contribution in [3.8, 4) is 0 Å². The van der Waals surface area contributed by atoms with Crippen LogP contribution in [0.2, 0.25) is 0 Å². The van der Waals surface area contributed by atoms with Crippen LogP contribution in [0.3, 0.4) is 0 Å². The third kappa shape index (κ3) is 3.35. The average Bonchev–Trinajstić information content (AvgIpc) is 2.34. The van der Waals surface area contributed by atoms with Crippen molar-refractivity contribution in [3.63, 3.8) is 0 Å². The molecule has 0 aliphatic carbocycles. The lowest BCUT2D eigenvalue weighted by Crippen LogP contribution is -2.14. The van der Waals surface area contributed by atoms with Crippen molar-refractivity contribution in [2.75, 3.05) is 7.05 Å². The zero-order chi connectivity index (χ0) is 13.7. The minimum absolute atomic E-state index is 0.0500. The fourth-order valence-electron chi connectivity index (χ4n) is 1.37. The van der Waals surface area contributed by atoms with Crippen LogP contribution >= 0.6 is 0 Å². The first-order valence-electron chi connectivity index (χ1n) is 5.40. The third-order valence-corrected chi connectivity index (χ3v) is 2.38. The van der Waals surface area contributed by atoms with Gasteiger partial charge in [-0.05, 0) is 24.1 Å². The number of aryl methyl sites for hydroxylation is 1. The Bertz CT molecular complexity index is 469. The van der Waals surface area contributed by atoms with E-state index in [-0.39, 0.29) is 11.3 Å². The van der Waals surface area contributed by atoms with Crippen molar-refractivity contribution in [3.05, 3.63) is 41.7 Å². The molecule has 0 atom stereocenters. The molecule has 1 rings (SSSR count). The summed E-state index contributed by atoms with van der Waals surface area (Å²) >= 11 is 0. The molecule has 1 aromatic rings. The van der Waals surface area contributed by atoms with Crippen LogP contribution in [-0.4, -0.2) is 19.4 Å². The number of aliphatic imine (C=N–C) groups is 1. The molecule has 0 aliphatic heterocycles. The van der Waals surface area contributed by atoms with Crippen LogP contribution < -0.4 is 0 Å². The van der Waals surface area contributed by atoms with Gasteiger partial charge in [-0.25, -0.2) is 4.39 Å². The van der Waals surface area contributed by atoms with Crippen LogP contribution in [0.5, 0.6) is 0 Å². The van der Waals surface area contributed by atoms with Crippen LogP contribution in [0.4, 0.5) is 13.2 Å². The molecular weight excluding hydrogens is 243 g/mol. The molecule has 0 fully saturated rings. The first kappa shape index (κ1) is 14.3. The van der Waals surface area contributed by atoms with Gasteiger partial charge < -0.3 is 4.74 Å². The third-order valence-electron chi connectivity index (χ3n) is 2.38. The second-order valence-corrected chi connectivity index (χ2v) is 3.56. The molecule has 0 saturated heterocycles. The predicted octanol–water partition coefficient (Wildman–Crippen LogP) is 3.67. The summed E-state index contributed by atoms with van der Waals surface area (Å²) in [6, 6.07) is 4.47. The summed E-state index contributed by atoms with van der Waals surface area (Å²) in [5.41, 5.74) is 0.858. The van der Waals surface area contributed by atoms with E-state index in [1.165, 1.54) is 19.2 Å². The second kappa shape index (κ2) is 6.23. The largest absolute Gasteiger partial charge is 0.438 e. The first-order valence-corrected chi connectivity index (χ1v) is 5.40. The van der Waals surface area contributed by atoms with Crippen molar-refractivity contribution in [1.29, 1.82) is 0 Å². The summed E-state index contributed by atoms with van der Waals surface area (Å²) < 4.78 is 43.3. The number of hydrogen-bond acceptors (Lipinski definition) is 2. The minimum atomic E-state index is -2.86. The van der Waals surface area contributed by atoms with Crippen molar-refractivity contribution < 1.29 is 17.9 Å². The molecule has 1 aromatic carbocycles. The lowest BCUT2D eigenvalue weighted by molar-refractivity contribution is 0.196. The fraction of sp³-hybridized carbons (Fsp3) is 0.308. The van der Waals surface area contributed by atoms with Crippen molar-refractivity contribution in [2.24, 2.45) is 4.99 Å². The quantitative estimate of drug-likeness (QED) is 0.458. The van der Waals surface area contributed by atoms with Gasteiger partial charge in [0.1, 0.15) is 11.6 Å². The number of alkyl halides is 2. The van der Waals surface area contributed by atoms with Crippen molar-refractivity contribution >= 4 is 11.7 Å². The summed E-state index contributed by atoms with van der Waals surface area (Å²) in [7, 11) is 1.17. The van der Waals surface area contributed by atoms with Crippen LogP contribution in [-0.2, 0) is 11.2 Å². The smallest absolute Gasteiger partial charge is 0.312 e. The molecule has 0 spiro atoms. The zero-order valence-corrected chi connectivity index (χ0v) is 10.2. The highest BCUT2D eigenvalue weighted by molar-refractivity contribution is 5.84. The maximum Gasteiger partial charge on any atom is 0.312 e. The van der Waals surface area contributed by atoms with E-state index in [0.717, 1.165) is 5.56 Å². The molecule has 0 radical (unpaired) electrons. The Labute approximate surface area is 104 Å². The summed E-state index contributed by atoms with van der Waals surface area (Å²) in [5.74, 6) is -1.51. The van der Waals surface area contributed by atoms with E-state index >= 15 is 0 Å². The number of hydrogen-bond donors (Lipinski definition) is 0. The van der Waals surface area contributed by atoms with Crippen LogP contribution in [0.1, 0.15) is 18.1 Å². The maximum atomic E-state index is 13.7. The SMILES string of the molecule is C=C(OC(=NC)C(F)F)c1ccc(CC)cc1F. The topological polar surface area (TPSA) is 21.6 Å². The lowest BCUT2D eigenvalue weighted by Gasteiger charge is -2.11. The zero-order valence-electron chi connectivity index (χ0n) is 10.2. The van der Waals surface area contributed by atoms with Gasteiger partial charge in [0.2, 0.25) is 0 Å². The Balaban J connectivity index is 2.91. The number of nitrogens with zero attached hydrogens (tertiary/aromatic N) is 1. The van der Waals surface area contributed by atoms with Gasteiger partial charge >= 0.3 is 6.43 Å². The summed E-state index contributed by atoms with van der Waals surface area (Å²) in [6.07, 6.45) is -2.17. The van der Waals surface area contributed by atoms with Gasteiger partial charge in [0.05, 0.1) is 5.56 Å². The van der Waals surface area contributed by atoms with E-state index in [1.54, 1.807) is 6.07 Å². The monoisotopic (exact) mass is 257 g/mol. The first-order chi connectivity index (χ1) is 8.49. The Morgan fingerprint density at radius 1 is 1.44 bits per heavy atom. The highest BCUT2D eigenvalue weighted by Gasteiger charge is 2.17. The molecule has 0 heterocycles. The Morgan fingerprint density at radius 3 is 2.56 bits per heavy atom. The van der Waals surface area contributed by atoms with Gasteiger partial charge in [0.15, 0.2) is 0 Å². The Kier molecular flexibility index (Phi) is 4.95. The van der Waals surface area contributed by atoms with Gasteiger partial charge in [-0.2, -0.15) is 8.78 Å². The molecule has 5 heteroatoms. The molecule has 0 aromatic heterocycles. The number of rotatable bonds is 4. The molecule has 0 bridgehead atoms. The van der Waals surface area contributed by atoms with E-state index < -0.39 is 18.1 Å². The highest BCUT2D eigenvalue weighted by atomic mass is 19.3. The van der Waals surface area contributed by atoms with Gasteiger partial charge in [0.25, 0.3) is 5.90 Å². The second-order valence-electron chi connectivity index (χ2n) is 3.56. The van der Waals surface area contributed by atoms with Crippen LogP contribution in [0, 0.1) is 5.82 Å². The lowest BCUT2D eigenvalue weighted by atomic mass is 10.1. The normalized spacial score (nSPS) is 11.8. The number of ether oxygens (including phenoxy) is 1. The molecule has 0 unspecified atom stereocenters. The predicted molar refractivity (Wildman–Crippen MR) is 65.3 cm³/mol. The molecule has 0 saturated carbocycles. The summed E-state index contributed by atoms with van der Waals surface area (Å²) in [5, 5.41) is 0. The van der Waals surface area contributed by atoms with E-state index in [9.17, 15) is 13.2 Å². The standard InChI is InChI=1S/C13H14F3NO/c1-4-9-5-6-10(11(14)7-9)8(2)18-13(17-3)12(15)16/h5-7,12H,2,4H2,1,3H3. The Morgan fingerprint density at radius 2 is 2.11 bits per heavy atom. The molecule has 18 heavy (non-hydrogen) atoms. The van der Waals surface area contributed by atoms with Crippen molar-refractivity contribution in [2.45, 2.75) is 19.8 Å². The van der Waals surface area contributed by atoms with E-state index in [0.29, 0.717) is 6.42 Å². The minimum Gasteiger partial charge on any atom is -0.438 e. The highest BCUT2D eigenvalue weighted by Crippen LogP contribution is 2.20. The molecule has 0 N–H and O–H groups in total. The Hall–Kier alpha value is -1.78. The van der Waals surface area contributed by atoms with Gasteiger partial charge in [-0.1, -0.05) is 19.6 Å². The van der Waals surface area contributed by atoms with E-state index in [2.05, 4.69) is 11.6 Å². The number of halogens is 3. The molecule has 2 nitrogen and oxygen atoms in total. The van der Waals surface area contributed by atoms with Gasteiger partial charge in [-0.15, -0.1) is 0 Å². The van der Waals surface area contributed by atoms with Crippen molar-refractivity contribution in [1.82, 2.24) is 0 Å². The fourth-order valence-corrected chi connectivity index (χ4v) is 1.37. The van der Waals surface area contributed by atoms with Gasteiger partial charge in [-0.3, -0.25) is 4.99 Å². The van der Waals surface area contributed by atoms with E-state index in [4.69, 9.17) is 4.74 Å². The van der Waals surface area contributed by atoms with Gasteiger partial charge in [0, 0.05) is 7.05 Å². The molecule has 0 aliphatic rings. The maximum absolute atomic E-state index is 13.7. The molecule has 98 valence electrons. The molecular formula is C13H14F3NO. The average molecular weight is 257 g/mol. The van der Waals surface area contributed by atoms with Crippen LogP contribution in [0.15, 0.2) is 29.8 Å². The summed E-state index contributed by atoms with van der Waals surface area (Å²) in [4.78, 5) is 3.28. The summed E-state index contributed by atoms with van der Waals surface area (Å²) in [6.45, 7) is 5.32.